The quantitative estimate of drug-likeness (QED) is 0.636. The van der Waals surface area contributed by atoms with E-state index in [0.717, 1.165) is 4.47 Å². The monoisotopic (exact) mass is 324 g/mol. The number of ketones is 1. The van der Waals surface area contributed by atoms with Crippen LogP contribution in [0, 0.1) is 0 Å². The Hall–Kier alpha value is -1.39. The molecule has 0 spiro atoms. The van der Waals surface area contributed by atoms with Crippen LogP contribution in [0.3, 0.4) is 0 Å². The minimum absolute atomic E-state index is 0.0679. The second-order valence-electron chi connectivity index (χ2n) is 3.70. The summed E-state index contributed by atoms with van der Waals surface area (Å²) in [6.07, 6.45) is 4.68. The van der Waals surface area contributed by atoms with Crippen molar-refractivity contribution in [2.75, 3.05) is 0 Å². The molecule has 0 saturated heterocycles. The van der Waals surface area contributed by atoms with E-state index >= 15 is 0 Å². The fourth-order valence-corrected chi connectivity index (χ4v) is 1.82. The molecule has 0 unspecified atom stereocenters. The van der Waals surface area contributed by atoms with Gasteiger partial charge in [-0.15, -0.1) is 0 Å². The van der Waals surface area contributed by atoms with Crippen LogP contribution in [0.15, 0.2) is 41.0 Å². The van der Waals surface area contributed by atoms with Gasteiger partial charge in [-0.2, -0.15) is 0 Å². The summed E-state index contributed by atoms with van der Waals surface area (Å²) in [5.41, 5.74) is 0.634. The maximum Gasteiger partial charge on any atom is 0.185 e. The Bertz CT molecular complexity index is 602. The number of hydrogen-bond donors (Lipinski definition) is 0. The number of benzene rings is 1. The molecule has 0 aliphatic heterocycles. The van der Waals surface area contributed by atoms with E-state index in [1.54, 1.807) is 36.0 Å². The van der Waals surface area contributed by atoms with Gasteiger partial charge in [0, 0.05) is 17.1 Å². The molecule has 0 fully saturated rings. The predicted octanol–water partition coefficient (Wildman–Crippen LogP) is 3.73. The van der Waals surface area contributed by atoms with Gasteiger partial charge in [0.2, 0.25) is 0 Å². The summed E-state index contributed by atoms with van der Waals surface area (Å²) in [5.74, 6) is 0.576. The third-order valence-corrected chi connectivity index (χ3v) is 3.36. The Morgan fingerprint density at radius 3 is 2.61 bits per heavy atom. The molecular weight excluding hydrogens is 316 g/mol. The minimum atomic E-state index is -0.0679. The zero-order valence-corrected chi connectivity index (χ0v) is 11.9. The van der Waals surface area contributed by atoms with Gasteiger partial charge in [0.25, 0.3) is 0 Å². The highest BCUT2D eigenvalue weighted by Crippen LogP contribution is 2.13. The maximum absolute atomic E-state index is 11.9. The largest absolute Gasteiger partial charge is 0.319 e. The lowest BCUT2D eigenvalue weighted by Crippen LogP contribution is -1.95. The first-order chi connectivity index (χ1) is 8.58. The third-order valence-electron chi connectivity index (χ3n) is 2.48. The average molecular weight is 326 g/mol. The number of allylic oxidation sites excluding steroid dienone is 1. The van der Waals surface area contributed by atoms with Gasteiger partial charge in [0.05, 0.1) is 6.20 Å². The van der Waals surface area contributed by atoms with Gasteiger partial charge in [0.1, 0.15) is 11.0 Å². The second-order valence-corrected chi connectivity index (χ2v) is 5.01. The molecule has 5 heteroatoms. The van der Waals surface area contributed by atoms with E-state index in [-0.39, 0.29) is 5.78 Å². The molecule has 0 atom stereocenters. The van der Waals surface area contributed by atoms with E-state index in [2.05, 4.69) is 20.9 Å². The summed E-state index contributed by atoms with van der Waals surface area (Å²) in [5, 5.41) is 0.533. The van der Waals surface area contributed by atoms with Crippen molar-refractivity contribution in [3.63, 3.8) is 0 Å². The maximum atomic E-state index is 11.9. The van der Waals surface area contributed by atoms with Crippen LogP contribution in [-0.4, -0.2) is 15.3 Å². The van der Waals surface area contributed by atoms with Crippen LogP contribution >= 0.6 is 27.5 Å². The molecule has 1 aromatic carbocycles. The Balaban J connectivity index is 2.16. The average Bonchev–Trinajstić information content (AvgIpc) is 2.68. The van der Waals surface area contributed by atoms with Gasteiger partial charge >= 0.3 is 0 Å². The molecule has 0 saturated carbocycles. The van der Waals surface area contributed by atoms with Crippen molar-refractivity contribution in [3.05, 3.63) is 57.6 Å². The Morgan fingerprint density at radius 2 is 2.06 bits per heavy atom. The minimum Gasteiger partial charge on any atom is -0.319 e. The van der Waals surface area contributed by atoms with Crippen molar-refractivity contribution in [2.24, 2.45) is 7.05 Å². The first-order valence-electron chi connectivity index (χ1n) is 5.23. The molecule has 0 aliphatic rings. The number of rotatable bonds is 3. The zero-order chi connectivity index (χ0) is 13.1. The Labute approximate surface area is 118 Å². The number of carbonyl (C=O) groups is 1. The Morgan fingerprint density at radius 1 is 1.39 bits per heavy atom. The molecule has 3 nitrogen and oxygen atoms in total. The number of hydrogen-bond acceptors (Lipinski definition) is 2. The van der Waals surface area contributed by atoms with Crippen LogP contribution in [-0.2, 0) is 7.05 Å². The summed E-state index contributed by atoms with van der Waals surface area (Å²) < 4.78 is 2.64. The van der Waals surface area contributed by atoms with E-state index in [0.29, 0.717) is 16.5 Å². The smallest absolute Gasteiger partial charge is 0.185 e. The normalized spacial score (nSPS) is 11.1. The summed E-state index contributed by atoms with van der Waals surface area (Å²) in [6.45, 7) is 0. The van der Waals surface area contributed by atoms with E-state index in [1.807, 2.05) is 12.1 Å². The van der Waals surface area contributed by atoms with Crippen LogP contribution in [0.2, 0.25) is 5.15 Å². The molecule has 0 radical (unpaired) electrons. The molecule has 0 aliphatic carbocycles. The number of imidazole rings is 1. The zero-order valence-electron chi connectivity index (χ0n) is 9.60. The van der Waals surface area contributed by atoms with Crippen LogP contribution in [0.1, 0.15) is 16.2 Å². The van der Waals surface area contributed by atoms with Crippen molar-refractivity contribution < 1.29 is 4.79 Å². The fraction of sp³-hybridized carbons (Fsp3) is 0.0769. The first kappa shape index (κ1) is 13.1. The van der Waals surface area contributed by atoms with Crippen molar-refractivity contribution in [1.29, 1.82) is 0 Å². The molecular formula is C13H10BrClN2O. The van der Waals surface area contributed by atoms with Crippen LogP contribution < -0.4 is 0 Å². The van der Waals surface area contributed by atoms with Crippen LogP contribution in [0.4, 0.5) is 0 Å². The number of carbonyl (C=O) groups excluding carboxylic acids is 1. The molecule has 2 rings (SSSR count). The SMILES string of the molecule is Cn1c(Cl)cnc1/C=C/C(=O)c1ccc(Br)cc1. The van der Waals surface area contributed by atoms with Gasteiger partial charge < -0.3 is 4.57 Å². The van der Waals surface area contributed by atoms with Crippen molar-refractivity contribution in [2.45, 2.75) is 0 Å². The highest BCUT2D eigenvalue weighted by Gasteiger charge is 2.03. The van der Waals surface area contributed by atoms with Crippen LogP contribution in [0.25, 0.3) is 6.08 Å². The molecule has 2 aromatic rings. The predicted molar refractivity (Wildman–Crippen MR) is 75.7 cm³/mol. The highest BCUT2D eigenvalue weighted by molar-refractivity contribution is 9.10. The van der Waals surface area contributed by atoms with Crippen molar-refractivity contribution >= 4 is 39.4 Å². The molecule has 0 N–H and O–H groups in total. The lowest BCUT2D eigenvalue weighted by molar-refractivity contribution is 0.104. The topological polar surface area (TPSA) is 34.9 Å². The van der Waals surface area contributed by atoms with Crippen LogP contribution in [0.5, 0.6) is 0 Å². The van der Waals surface area contributed by atoms with Gasteiger partial charge in [-0.3, -0.25) is 4.79 Å². The van der Waals surface area contributed by atoms with Gasteiger partial charge in [-0.25, -0.2) is 4.98 Å². The van der Waals surface area contributed by atoms with E-state index < -0.39 is 0 Å². The molecule has 1 aromatic heterocycles. The number of nitrogens with zero attached hydrogens (tertiary/aromatic N) is 2. The summed E-state index contributed by atoms with van der Waals surface area (Å²) >= 11 is 9.18. The molecule has 1 heterocycles. The molecule has 18 heavy (non-hydrogen) atoms. The second kappa shape index (κ2) is 5.50. The highest BCUT2D eigenvalue weighted by atomic mass is 79.9. The van der Waals surface area contributed by atoms with Gasteiger partial charge in [0.15, 0.2) is 5.78 Å². The Kier molecular flexibility index (Phi) is 3.99. The van der Waals surface area contributed by atoms with Gasteiger partial charge in [-0.05, 0) is 36.4 Å². The number of aromatic nitrogens is 2. The van der Waals surface area contributed by atoms with E-state index in [9.17, 15) is 4.79 Å². The molecule has 0 bridgehead atoms. The third kappa shape index (κ3) is 2.89. The lowest BCUT2D eigenvalue weighted by atomic mass is 10.1. The molecule has 0 amide bonds. The standard InChI is InChI=1S/C13H10BrClN2O/c1-17-12(15)8-16-13(17)7-6-11(18)9-2-4-10(14)5-3-9/h2-8H,1H3/b7-6+. The van der Waals surface area contributed by atoms with Gasteiger partial charge in [-0.1, -0.05) is 27.5 Å². The lowest BCUT2D eigenvalue weighted by Gasteiger charge is -1.97. The molecule has 92 valence electrons. The van der Waals surface area contributed by atoms with E-state index in [4.69, 9.17) is 11.6 Å². The summed E-state index contributed by atoms with van der Waals surface area (Å²) in [7, 11) is 1.79. The number of halogens is 2. The summed E-state index contributed by atoms with van der Waals surface area (Å²) in [4.78, 5) is 16.0. The fourth-order valence-electron chi connectivity index (χ4n) is 1.42. The van der Waals surface area contributed by atoms with Crippen molar-refractivity contribution in [3.8, 4) is 0 Å². The van der Waals surface area contributed by atoms with E-state index in [1.165, 1.54) is 6.08 Å². The first-order valence-corrected chi connectivity index (χ1v) is 6.40. The summed E-state index contributed by atoms with van der Waals surface area (Å²) in [6, 6.07) is 7.20. The van der Waals surface area contributed by atoms with Crippen molar-refractivity contribution in [1.82, 2.24) is 9.55 Å².